The molecule has 2 aliphatic rings. The minimum atomic E-state index is -0.108. The summed E-state index contributed by atoms with van der Waals surface area (Å²) < 4.78 is 6.47. The van der Waals surface area contributed by atoms with Crippen molar-refractivity contribution in [2.24, 2.45) is 0 Å². The van der Waals surface area contributed by atoms with E-state index in [4.69, 9.17) is 4.74 Å². The second-order valence-corrected chi connectivity index (χ2v) is 8.85. The molecule has 1 amide bonds. The molecular formula is C28H29NO2. The van der Waals surface area contributed by atoms with Crippen LogP contribution >= 0.6 is 0 Å². The fourth-order valence-electron chi connectivity index (χ4n) is 5.07. The Bertz CT molecular complexity index is 984. The molecule has 0 atom stereocenters. The van der Waals surface area contributed by atoms with Gasteiger partial charge in [0.1, 0.15) is 11.4 Å². The third-order valence-electron chi connectivity index (χ3n) is 6.96. The van der Waals surface area contributed by atoms with Crippen molar-refractivity contribution in [3.05, 3.63) is 102 Å². The molecule has 0 bridgehead atoms. The van der Waals surface area contributed by atoms with Crippen LogP contribution in [-0.2, 0) is 11.2 Å². The number of rotatable bonds is 4. The summed E-state index contributed by atoms with van der Waals surface area (Å²) >= 11 is 0. The van der Waals surface area contributed by atoms with Crippen LogP contribution in [0.1, 0.15) is 48.3 Å². The Labute approximate surface area is 184 Å². The highest BCUT2D eigenvalue weighted by molar-refractivity contribution is 5.78. The fraction of sp³-hybridized carbons (Fsp3) is 0.321. The van der Waals surface area contributed by atoms with Gasteiger partial charge in [0.25, 0.3) is 0 Å². The molecule has 31 heavy (non-hydrogen) atoms. The number of likely N-dealkylation sites (tertiary alicyclic amines) is 1. The van der Waals surface area contributed by atoms with E-state index in [2.05, 4.69) is 66.7 Å². The molecule has 3 aromatic carbocycles. The number of aryl methyl sites for hydroxylation is 1. The predicted octanol–water partition coefficient (Wildman–Crippen LogP) is 5.60. The van der Waals surface area contributed by atoms with E-state index >= 15 is 0 Å². The number of amides is 1. The number of fused-ring (bicyclic) bond motifs is 1. The summed E-state index contributed by atoms with van der Waals surface area (Å²) in [6, 6.07) is 29.2. The number of para-hydroxylation sites is 1. The van der Waals surface area contributed by atoms with Crippen molar-refractivity contribution in [3.63, 3.8) is 0 Å². The Kier molecular flexibility index (Phi) is 5.50. The molecule has 3 nitrogen and oxygen atoms in total. The molecule has 0 aromatic heterocycles. The number of carbonyl (C=O) groups excluding carboxylic acids is 1. The smallest absolute Gasteiger partial charge is 0.223 e. The molecule has 0 unspecified atom stereocenters. The van der Waals surface area contributed by atoms with Crippen LogP contribution in [0.2, 0.25) is 0 Å². The number of ether oxygens (including phenoxy) is 1. The first kappa shape index (κ1) is 19.9. The summed E-state index contributed by atoms with van der Waals surface area (Å²) in [5.41, 5.74) is 3.59. The molecule has 1 spiro atoms. The van der Waals surface area contributed by atoms with Crippen molar-refractivity contribution < 1.29 is 9.53 Å². The number of benzene rings is 3. The Morgan fingerprint density at radius 1 is 0.806 bits per heavy atom. The first-order valence-corrected chi connectivity index (χ1v) is 11.4. The molecule has 0 N–H and O–H groups in total. The highest BCUT2D eigenvalue weighted by atomic mass is 16.5. The van der Waals surface area contributed by atoms with Gasteiger partial charge in [-0.15, -0.1) is 0 Å². The highest BCUT2D eigenvalue weighted by Crippen LogP contribution is 2.39. The van der Waals surface area contributed by atoms with Gasteiger partial charge in [-0.3, -0.25) is 4.79 Å². The lowest BCUT2D eigenvalue weighted by Crippen LogP contribution is -2.51. The van der Waals surface area contributed by atoms with Gasteiger partial charge in [0.2, 0.25) is 5.91 Å². The topological polar surface area (TPSA) is 29.5 Å². The van der Waals surface area contributed by atoms with Gasteiger partial charge in [0, 0.05) is 38.3 Å². The molecule has 0 radical (unpaired) electrons. The SMILES string of the molecule is O=C(CC(c1ccccc1)c1ccccc1)N1CCC2(CCc3ccccc3O2)CC1. The monoisotopic (exact) mass is 411 g/mol. The van der Waals surface area contributed by atoms with E-state index < -0.39 is 0 Å². The summed E-state index contributed by atoms with van der Waals surface area (Å²) in [5, 5.41) is 0. The molecule has 1 fully saturated rings. The van der Waals surface area contributed by atoms with Crippen LogP contribution in [0.25, 0.3) is 0 Å². The third-order valence-corrected chi connectivity index (χ3v) is 6.96. The zero-order valence-electron chi connectivity index (χ0n) is 17.9. The van der Waals surface area contributed by atoms with Crippen LogP contribution in [-0.4, -0.2) is 29.5 Å². The van der Waals surface area contributed by atoms with Crippen molar-refractivity contribution in [2.75, 3.05) is 13.1 Å². The van der Waals surface area contributed by atoms with Crippen molar-refractivity contribution in [1.82, 2.24) is 4.90 Å². The highest BCUT2D eigenvalue weighted by Gasteiger charge is 2.40. The summed E-state index contributed by atoms with van der Waals surface area (Å²) in [4.78, 5) is 15.4. The quantitative estimate of drug-likeness (QED) is 0.560. The van der Waals surface area contributed by atoms with Crippen LogP contribution in [0.5, 0.6) is 5.75 Å². The lowest BCUT2D eigenvalue weighted by atomic mass is 9.82. The molecule has 2 aliphatic heterocycles. The lowest BCUT2D eigenvalue weighted by Gasteiger charge is -2.44. The summed E-state index contributed by atoms with van der Waals surface area (Å²) in [6.07, 6.45) is 4.43. The summed E-state index contributed by atoms with van der Waals surface area (Å²) in [7, 11) is 0. The van der Waals surface area contributed by atoms with Crippen molar-refractivity contribution >= 4 is 5.91 Å². The van der Waals surface area contributed by atoms with Crippen LogP contribution < -0.4 is 4.74 Å². The van der Waals surface area contributed by atoms with E-state index in [0.717, 1.165) is 44.5 Å². The third kappa shape index (κ3) is 4.23. The zero-order chi connectivity index (χ0) is 21.1. The molecule has 5 rings (SSSR count). The van der Waals surface area contributed by atoms with Gasteiger partial charge < -0.3 is 9.64 Å². The molecule has 1 saturated heterocycles. The lowest BCUT2D eigenvalue weighted by molar-refractivity contribution is -0.135. The van der Waals surface area contributed by atoms with E-state index in [1.807, 2.05) is 23.1 Å². The van der Waals surface area contributed by atoms with Gasteiger partial charge >= 0.3 is 0 Å². The van der Waals surface area contributed by atoms with Gasteiger partial charge in [-0.25, -0.2) is 0 Å². The Morgan fingerprint density at radius 3 is 2.03 bits per heavy atom. The first-order chi connectivity index (χ1) is 15.2. The standard InChI is InChI=1S/C28H29NO2/c30-27(21-25(22-9-3-1-4-10-22)23-11-5-2-6-12-23)29-19-17-28(18-20-29)16-15-24-13-7-8-14-26(24)31-28/h1-14,25H,15-21H2. The molecule has 0 aliphatic carbocycles. The zero-order valence-corrected chi connectivity index (χ0v) is 17.9. The fourth-order valence-corrected chi connectivity index (χ4v) is 5.07. The predicted molar refractivity (Wildman–Crippen MR) is 123 cm³/mol. The van der Waals surface area contributed by atoms with E-state index in [9.17, 15) is 4.79 Å². The number of piperidine rings is 1. The summed E-state index contributed by atoms with van der Waals surface area (Å²) in [5.74, 6) is 1.36. The largest absolute Gasteiger partial charge is 0.487 e. The van der Waals surface area contributed by atoms with E-state index in [1.165, 1.54) is 16.7 Å². The maximum atomic E-state index is 13.3. The Balaban J connectivity index is 1.27. The Hall–Kier alpha value is -3.07. The number of hydrogen-bond donors (Lipinski definition) is 0. The van der Waals surface area contributed by atoms with Gasteiger partial charge in [-0.05, 0) is 35.6 Å². The second kappa shape index (κ2) is 8.58. The van der Waals surface area contributed by atoms with Gasteiger partial charge in [0.15, 0.2) is 0 Å². The molecule has 3 heteroatoms. The summed E-state index contributed by atoms with van der Waals surface area (Å²) in [6.45, 7) is 1.55. The van der Waals surface area contributed by atoms with Gasteiger partial charge in [0.05, 0.1) is 0 Å². The van der Waals surface area contributed by atoms with Crippen LogP contribution in [0.4, 0.5) is 0 Å². The number of nitrogens with zero attached hydrogens (tertiary/aromatic N) is 1. The maximum Gasteiger partial charge on any atom is 0.223 e. The normalized spacial score (nSPS) is 17.3. The van der Waals surface area contributed by atoms with Crippen molar-refractivity contribution in [1.29, 1.82) is 0 Å². The minimum Gasteiger partial charge on any atom is -0.487 e. The van der Waals surface area contributed by atoms with Crippen molar-refractivity contribution in [3.8, 4) is 5.75 Å². The second-order valence-electron chi connectivity index (χ2n) is 8.85. The molecule has 3 aromatic rings. The number of carbonyl (C=O) groups is 1. The number of hydrogen-bond acceptors (Lipinski definition) is 2. The van der Waals surface area contributed by atoms with Crippen LogP contribution in [0.15, 0.2) is 84.9 Å². The molecule has 158 valence electrons. The van der Waals surface area contributed by atoms with Gasteiger partial charge in [-0.2, -0.15) is 0 Å². The minimum absolute atomic E-state index is 0.0867. The van der Waals surface area contributed by atoms with E-state index in [0.29, 0.717) is 6.42 Å². The van der Waals surface area contributed by atoms with Crippen LogP contribution in [0.3, 0.4) is 0 Å². The maximum absolute atomic E-state index is 13.3. The Morgan fingerprint density at radius 2 is 1.39 bits per heavy atom. The van der Waals surface area contributed by atoms with Crippen LogP contribution in [0, 0.1) is 0 Å². The van der Waals surface area contributed by atoms with Gasteiger partial charge in [-0.1, -0.05) is 78.9 Å². The first-order valence-electron chi connectivity index (χ1n) is 11.4. The average molecular weight is 412 g/mol. The molecular weight excluding hydrogens is 382 g/mol. The average Bonchev–Trinajstić information content (AvgIpc) is 2.84. The molecule has 0 saturated carbocycles. The van der Waals surface area contributed by atoms with E-state index in [1.54, 1.807) is 0 Å². The molecule has 2 heterocycles. The van der Waals surface area contributed by atoms with Crippen molar-refractivity contribution in [2.45, 2.75) is 43.6 Å². The van der Waals surface area contributed by atoms with E-state index in [-0.39, 0.29) is 17.4 Å².